The number of hydrogen-bond acceptors (Lipinski definition) is 2. The minimum absolute atomic E-state index is 0. The molecule has 2 nitrogen and oxygen atoms in total. The summed E-state index contributed by atoms with van der Waals surface area (Å²) < 4.78 is 0. The van der Waals surface area contributed by atoms with E-state index >= 15 is 0 Å². The highest BCUT2D eigenvalue weighted by molar-refractivity contribution is 5.97. The van der Waals surface area contributed by atoms with Crippen molar-refractivity contribution in [3.63, 3.8) is 0 Å². The Balaban J connectivity index is 0.00000144. The maximum atomic E-state index is 12.1. The van der Waals surface area contributed by atoms with Gasteiger partial charge in [0.2, 0.25) is 0 Å². The van der Waals surface area contributed by atoms with Crippen LogP contribution in [-0.4, -0.2) is 30.3 Å². The number of halogens is 1. The van der Waals surface area contributed by atoms with Crippen molar-refractivity contribution in [2.45, 2.75) is 19.8 Å². The summed E-state index contributed by atoms with van der Waals surface area (Å²) in [5.41, 5.74) is 0.842. The molecular formula is C14H20ClNO. The summed E-state index contributed by atoms with van der Waals surface area (Å²) in [7, 11) is 0. The van der Waals surface area contributed by atoms with Crippen molar-refractivity contribution in [2.24, 2.45) is 5.92 Å². The molecule has 1 aromatic carbocycles. The topological polar surface area (TPSA) is 20.3 Å². The molecule has 17 heavy (non-hydrogen) atoms. The van der Waals surface area contributed by atoms with E-state index in [2.05, 4.69) is 4.90 Å². The number of nitrogens with zero attached hydrogens (tertiary/aromatic N) is 1. The van der Waals surface area contributed by atoms with E-state index in [-0.39, 0.29) is 24.1 Å². The Morgan fingerprint density at radius 3 is 2.41 bits per heavy atom. The van der Waals surface area contributed by atoms with Gasteiger partial charge >= 0.3 is 0 Å². The van der Waals surface area contributed by atoms with Crippen LogP contribution < -0.4 is 0 Å². The molecule has 1 atom stereocenters. The lowest BCUT2D eigenvalue weighted by Gasteiger charge is -2.19. The summed E-state index contributed by atoms with van der Waals surface area (Å²) in [4.78, 5) is 14.5. The van der Waals surface area contributed by atoms with Gasteiger partial charge in [-0.25, -0.2) is 0 Å². The van der Waals surface area contributed by atoms with Crippen molar-refractivity contribution in [2.75, 3.05) is 19.6 Å². The molecule has 2 rings (SSSR count). The standard InChI is InChI=1S/C14H19NO.ClH/c1-12(11-15-9-5-6-10-15)14(16)13-7-3-2-4-8-13;/h2-4,7-8,12H,5-6,9-11H2,1H3;1H. The first kappa shape index (κ1) is 14.2. The summed E-state index contributed by atoms with van der Waals surface area (Å²) >= 11 is 0. The van der Waals surface area contributed by atoms with Gasteiger partial charge in [0.1, 0.15) is 0 Å². The Morgan fingerprint density at radius 2 is 1.82 bits per heavy atom. The van der Waals surface area contributed by atoms with E-state index in [1.165, 1.54) is 12.8 Å². The highest BCUT2D eigenvalue weighted by atomic mass is 35.5. The van der Waals surface area contributed by atoms with Crippen LogP contribution in [0.3, 0.4) is 0 Å². The largest absolute Gasteiger partial charge is 0.303 e. The molecule has 1 heterocycles. The third-order valence-electron chi connectivity index (χ3n) is 3.24. The molecule has 0 bridgehead atoms. The second kappa shape index (κ2) is 6.77. The van der Waals surface area contributed by atoms with Crippen LogP contribution in [0.2, 0.25) is 0 Å². The first-order chi connectivity index (χ1) is 7.77. The Morgan fingerprint density at radius 1 is 1.24 bits per heavy atom. The summed E-state index contributed by atoms with van der Waals surface area (Å²) in [6.45, 7) is 5.26. The highest BCUT2D eigenvalue weighted by Gasteiger charge is 2.20. The number of carbonyl (C=O) groups is 1. The fraction of sp³-hybridized carbons (Fsp3) is 0.500. The molecule has 0 saturated carbocycles. The maximum absolute atomic E-state index is 12.1. The van der Waals surface area contributed by atoms with E-state index in [9.17, 15) is 4.79 Å². The third kappa shape index (κ3) is 3.83. The van der Waals surface area contributed by atoms with E-state index in [0.717, 1.165) is 25.2 Å². The molecule has 0 spiro atoms. The van der Waals surface area contributed by atoms with Crippen molar-refractivity contribution >= 4 is 18.2 Å². The molecule has 0 amide bonds. The summed E-state index contributed by atoms with van der Waals surface area (Å²) in [5, 5.41) is 0. The molecule has 3 heteroatoms. The smallest absolute Gasteiger partial charge is 0.166 e. The molecule has 1 aromatic rings. The van der Waals surface area contributed by atoms with Crippen molar-refractivity contribution in [1.29, 1.82) is 0 Å². The van der Waals surface area contributed by atoms with Crippen LogP contribution in [0.1, 0.15) is 30.1 Å². The minimum Gasteiger partial charge on any atom is -0.303 e. The lowest BCUT2D eigenvalue weighted by atomic mass is 9.99. The number of hydrogen-bond donors (Lipinski definition) is 0. The van der Waals surface area contributed by atoms with E-state index in [0.29, 0.717) is 0 Å². The second-order valence-corrected chi connectivity index (χ2v) is 4.64. The van der Waals surface area contributed by atoms with E-state index < -0.39 is 0 Å². The molecule has 1 aliphatic rings. The highest BCUT2D eigenvalue weighted by Crippen LogP contribution is 2.14. The number of carbonyl (C=O) groups excluding carboxylic acids is 1. The molecule has 0 N–H and O–H groups in total. The number of likely N-dealkylation sites (tertiary alicyclic amines) is 1. The van der Waals surface area contributed by atoms with Crippen molar-refractivity contribution in [3.8, 4) is 0 Å². The molecule has 1 unspecified atom stereocenters. The fourth-order valence-corrected chi connectivity index (χ4v) is 2.32. The van der Waals surface area contributed by atoms with E-state index in [1.54, 1.807) is 0 Å². The average Bonchev–Trinajstić information content (AvgIpc) is 2.82. The zero-order valence-electron chi connectivity index (χ0n) is 10.3. The van der Waals surface area contributed by atoms with Crippen LogP contribution in [0.25, 0.3) is 0 Å². The van der Waals surface area contributed by atoms with Gasteiger partial charge < -0.3 is 4.90 Å². The van der Waals surface area contributed by atoms with Crippen LogP contribution in [0.5, 0.6) is 0 Å². The predicted octanol–water partition coefficient (Wildman–Crippen LogP) is 3.02. The first-order valence-electron chi connectivity index (χ1n) is 6.09. The molecule has 0 aromatic heterocycles. The molecular weight excluding hydrogens is 234 g/mol. The summed E-state index contributed by atoms with van der Waals surface area (Å²) in [5.74, 6) is 0.382. The number of ketones is 1. The van der Waals surface area contributed by atoms with Crippen molar-refractivity contribution < 1.29 is 4.79 Å². The first-order valence-corrected chi connectivity index (χ1v) is 6.09. The Bertz CT molecular complexity index is 346. The summed E-state index contributed by atoms with van der Waals surface area (Å²) in [6.07, 6.45) is 2.57. The number of rotatable bonds is 4. The van der Waals surface area contributed by atoms with Crippen molar-refractivity contribution in [3.05, 3.63) is 35.9 Å². The second-order valence-electron chi connectivity index (χ2n) is 4.64. The van der Waals surface area contributed by atoms with Gasteiger partial charge in [-0.05, 0) is 25.9 Å². The van der Waals surface area contributed by atoms with Gasteiger partial charge in [0.15, 0.2) is 5.78 Å². The zero-order chi connectivity index (χ0) is 11.4. The van der Waals surface area contributed by atoms with Gasteiger partial charge in [-0.15, -0.1) is 12.4 Å². The lowest BCUT2D eigenvalue weighted by molar-refractivity contribution is 0.0903. The molecule has 94 valence electrons. The lowest BCUT2D eigenvalue weighted by Crippen LogP contribution is -2.29. The van der Waals surface area contributed by atoms with Gasteiger partial charge in [0.25, 0.3) is 0 Å². The Labute approximate surface area is 109 Å². The van der Waals surface area contributed by atoms with Crippen molar-refractivity contribution in [1.82, 2.24) is 4.90 Å². The van der Waals surface area contributed by atoms with Crippen LogP contribution >= 0.6 is 12.4 Å². The molecule has 0 aliphatic carbocycles. The number of Topliss-reactive ketones (excluding diaryl/α,β-unsaturated/α-hetero) is 1. The summed E-state index contributed by atoms with van der Waals surface area (Å²) in [6, 6.07) is 9.61. The molecule has 1 saturated heterocycles. The SMILES string of the molecule is CC(CN1CCCC1)C(=O)c1ccccc1.Cl. The number of benzene rings is 1. The van der Waals surface area contributed by atoms with Crippen LogP contribution in [0, 0.1) is 5.92 Å². The maximum Gasteiger partial charge on any atom is 0.166 e. The Kier molecular flexibility index (Phi) is 5.66. The van der Waals surface area contributed by atoms with Crippen LogP contribution in [0.4, 0.5) is 0 Å². The van der Waals surface area contributed by atoms with Gasteiger partial charge in [0.05, 0.1) is 0 Å². The predicted molar refractivity (Wildman–Crippen MR) is 72.9 cm³/mol. The van der Waals surface area contributed by atoms with Gasteiger partial charge in [-0.2, -0.15) is 0 Å². The fourth-order valence-electron chi connectivity index (χ4n) is 2.32. The molecule has 1 aliphatic heterocycles. The average molecular weight is 254 g/mol. The van der Waals surface area contributed by atoms with Gasteiger partial charge in [-0.1, -0.05) is 37.3 Å². The van der Waals surface area contributed by atoms with E-state index in [1.807, 2.05) is 37.3 Å². The Hall–Kier alpha value is -0.860. The molecule has 0 radical (unpaired) electrons. The van der Waals surface area contributed by atoms with Crippen LogP contribution in [0.15, 0.2) is 30.3 Å². The molecule has 1 fully saturated rings. The van der Waals surface area contributed by atoms with Crippen LogP contribution in [-0.2, 0) is 0 Å². The monoisotopic (exact) mass is 253 g/mol. The normalized spacial score (nSPS) is 17.5. The minimum atomic E-state index is 0. The zero-order valence-corrected chi connectivity index (χ0v) is 11.1. The van der Waals surface area contributed by atoms with Gasteiger partial charge in [0, 0.05) is 18.0 Å². The quantitative estimate of drug-likeness (QED) is 0.769. The third-order valence-corrected chi connectivity index (χ3v) is 3.24. The van der Waals surface area contributed by atoms with Gasteiger partial charge in [-0.3, -0.25) is 4.79 Å². The van der Waals surface area contributed by atoms with E-state index in [4.69, 9.17) is 0 Å².